The van der Waals surface area contributed by atoms with E-state index in [1.54, 1.807) is 19.1 Å². The molecule has 0 saturated heterocycles. The molecule has 3 heterocycles. The minimum Gasteiger partial charge on any atom is -0.340 e. The summed E-state index contributed by atoms with van der Waals surface area (Å²) in [5, 5.41) is 0. The number of hydrogen-bond acceptors (Lipinski definition) is 3. The molecule has 1 unspecified atom stereocenters. The molecule has 0 radical (unpaired) electrons. The van der Waals surface area contributed by atoms with Crippen molar-refractivity contribution in [3.05, 3.63) is 104 Å². The molecule has 3 nitrogen and oxygen atoms in total. The Labute approximate surface area is 235 Å². The van der Waals surface area contributed by atoms with Crippen LogP contribution in [0.3, 0.4) is 0 Å². The molecule has 1 amide bonds. The zero-order valence-corrected chi connectivity index (χ0v) is 24.0. The predicted octanol–water partition coefficient (Wildman–Crippen LogP) is 8.30. The van der Waals surface area contributed by atoms with Crippen LogP contribution in [0.2, 0.25) is 0 Å². The second-order valence-corrected chi connectivity index (χ2v) is 12.1. The van der Waals surface area contributed by atoms with Gasteiger partial charge in [0, 0.05) is 30.9 Å². The van der Waals surface area contributed by atoms with Crippen molar-refractivity contribution in [2.75, 3.05) is 19.6 Å². The summed E-state index contributed by atoms with van der Waals surface area (Å²) in [7, 11) is 0. The van der Waals surface area contributed by atoms with Crippen LogP contribution in [0.1, 0.15) is 63.1 Å². The Morgan fingerprint density at radius 3 is 2.44 bits per heavy atom. The van der Waals surface area contributed by atoms with E-state index in [4.69, 9.17) is 0 Å². The number of allylic oxidation sites excluding steroid dienone is 4. The van der Waals surface area contributed by atoms with Crippen molar-refractivity contribution in [3.63, 3.8) is 0 Å². The van der Waals surface area contributed by atoms with Gasteiger partial charge in [-0.15, -0.1) is 0 Å². The second kappa shape index (κ2) is 11.5. The molecule has 0 fully saturated rings. The molecular formula is C33H36F2N2OS. The number of carbonyl (C=O) groups is 1. The molecule has 0 aliphatic carbocycles. The van der Waals surface area contributed by atoms with Gasteiger partial charge in [-0.2, -0.15) is 0 Å². The van der Waals surface area contributed by atoms with E-state index in [1.165, 1.54) is 39.2 Å². The number of nitrogens with zero attached hydrogens (tertiary/aromatic N) is 2. The molecule has 39 heavy (non-hydrogen) atoms. The van der Waals surface area contributed by atoms with Crippen LogP contribution in [0.15, 0.2) is 75.7 Å². The van der Waals surface area contributed by atoms with Crippen molar-refractivity contribution >= 4 is 28.9 Å². The zero-order chi connectivity index (χ0) is 27.7. The van der Waals surface area contributed by atoms with Crippen LogP contribution >= 0.6 is 11.8 Å². The van der Waals surface area contributed by atoms with E-state index in [0.29, 0.717) is 12.1 Å². The highest BCUT2D eigenvalue weighted by Crippen LogP contribution is 2.42. The van der Waals surface area contributed by atoms with Crippen molar-refractivity contribution in [1.29, 1.82) is 0 Å². The van der Waals surface area contributed by atoms with E-state index in [2.05, 4.69) is 26.8 Å². The van der Waals surface area contributed by atoms with Gasteiger partial charge in [-0.1, -0.05) is 42.0 Å². The third-order valence-electron chi connectivity index (χ3n) is 8.13. The SMILES string of the molecule is CCC1C=C(c2ccc(F)cc2)N(CC(=O)N2CCC3=C(CC2)SC(C)=C(C)C3)C=C1c1ccc(F)c(C)c1. The summed E-state index contributed by atoms with van der Waals surface area (Å²) in [6.45, 7) is 9.91. The first-order chi connectivity index (χ1) is 18.7. The van der Waals surface area contributed by atoms with Gasteiger partial charge >= 0.3 is 0 Å². The van der Waals surface area contributed by atoms with Crippen LogP contribution in [0.4, 0.5) is 8.78 Å². The first kappa shape index (κ1) is 27.4. The number of rotatable bonds is 5. The summed E-state index contributed by atoms with van der Waals surface area (Å²) < 4.78 is 27.8. The molecule has 3 aliphatic rings. The van der Waals surface area contributed by atoms with Crippen molar-refractivity contribution < 1.29 is 13.6 Å². The Morgan fingerprint density at radius 1 is 1.00 bits per heavy atom. The van der Waals surface area contributed by atoms with Gasteiger partial charge in [0.1, 0.15) is 18.2 Å². The average Bonchev–Trinajstić information content (AvgIpc) is 3.13. The Kier molecular flexibility index (Phi) is 8.13. The van der Waals surface area contributed by atoms with Crippen molar-refractivity contribution in [2.45, 2.75) is 53.4 Å². The lowest BCUT2D eigenvalue weighted by atomic mass is 9.86. The summed E-state index contributed by atoms with van der Waals surface area (Å²) in [5.41, 5.74) is 7.28. The van der Waals surface area contributed by atoms with Gasteiger partial charge in [-0.25, -0.2) is 8.78 Å². The summed E-state index contributed by atoms with van der Waals surface area (Å²) in [4.78, 5) is 20.6. The normalized spacial score (nSPS) is 20.0. The summed E-state index contributed by atoms with van der Waals surface area (Å²) in [5.74, 6) is -0.350. The number of benzene rings is 2. The second-order valence-electron chi connectivity index (χ2n) is 10.8. The fourth-order valence-electron chi connectivity index (χ4n) is 5.63. The van der Waals surface area contributed by atoms with Crippen LogP contribution in [0.25, 0.3) is 11.3 Å². The number of aryl methyl sites for hydroxylation is 1. The van der Waals surface area contributed by atoms with Crippen LogP contribution in [-0.4, -0.2) is 35.3 Å². The maximum absolute atomic E-state index is 14.1. The summed E-state index contributed by atoms with van der Waals surface area (Å²) in [6, 6.07) is 11.7. The molecule has 0 bridgehead atoms. The van der Waals surface area contributed by atoms with E-state index in [1.807, 2.05) is 39.9 Å². The number of hydrogen-bond donors (Lipinski definition) is 0. The molecule has 204 valence electrons. The van der Waals surface area contributed by atoms with Gasteiger partial charge in [0.05, 0.1) is 0 Å². The first-order valence-corrected chi connectivity index (χ1v) is 14.6. The fraction of sp³-hybridized carbons (Fsp3) is 0.364. The Hall–Kier alpha value is -3.12. The maximum Gasteiger partial charge on any atom is 0.242 e. The van der Waals surface area contributed by atoms with E-state index < -0.39 is 0 Å². The molecule has 0 N–H and O–H groups in total. The molecule has 3 aliphatic heterocycles. The molecule has 0 aromatic heterocycles. The Morgan fingerprint density at radius 2 is 1.72 bits per heavy atom. The summed E-state index contributed by atoms with van der Waals surface area (Å²) >= 11 is 1.88. The van der Waals surface area contributed by atoms with Gasteiger partial charge < -0.3 is 9.80 Å². The number of thioether (sulfide) groups is 1. The summed E-state index contributed by atoms with van der Waals surface area (Å²) in [6.07, 6.45) is 7.89. The Bertz CT molecular complexity index is 1380. The largest absolute Gasteiger partial charge is 0.340 e. The number of amides is 1. The van der Waals surface area contributed by atoms with Gasteiger partial charge in [0.25, 0.3) is 0 Å². The minimum atomic E-state index is -0.290. The molecule has 1 atom stereocenters. The van der Waals surface area contributed by atoms with E-state index in [9.17, 15) is 13.6 Å². The highest BCUT2D eigenvalue weighted by Gasteiger charge is 2.28. The van der Waals surface area contributed by atoms with Crippen LogP contribution in [0.5, 0.6) is 0 Å². The molecular weight excluding hydrogens is 510 g/mol. The highest BCUT2D eigenvalue weighted by molar-refractivity contribution is 8.06. The zero-order valence-electron chi connectivity index (χ0n) is 23.2. The van der Waals surface area contributed by atoms with Crippen LogP contribution < -0.4 is 0 Å². The van der Waals surface area contributed by atoms with Gasteiger partial charge in [0.2, 0.25) is 5.91 Å². The lowest BCUT2D eigenvalue weighted by Crippen LogP contribution is -2.39. The lowest BCUT2D eigenvalue weighted by Gasteiger charge is -2.34. The average molecular weight is 547 g/mol. The van der Waals surface area contributed by atoms with E-state index >= 15 is 0 Å². The smallest absolute Gasteiger partial charge is 0.242 e. The van der Waals surface area contributed by atoms with Gasteiger partial charge in [0.15, 0.2) is 0 Å². The highest BCUT2D eigenvalue weighted by atomic mass is 32.2. The molecule has 2 aromatic carbocycles. The van der Waals surface area contributed by atoms with Crippen molar-refractivity contribution in [1.82, 2.24) is 9.80 Å². The van der Waals surface area contributed by atoms with Gasteiger partial charge in [-0.3, -0.25) is 4.79 Å². The van der Waals surface area contributed by atoms with Crippen LogP contribution in [0, 0.1) is 24.5 Å². The molecule has 0 spiro atoms. The lowest BCUT2D eigenvalue weighted by molar-refractivity contribution is -0.131. The topological polar surface area (TPSA) is 23.6 Å². The fourth-order valence-corrected chi connectivity index (χ4v) is 6.76. The molecule has 6 heteroatoms. The minimum absolute atomic E-state index is 0.0788. The van der Waals surface area contributed by atoms with Crippen molar-refractivity contribution in [3.8, 4) is 0 Å². The quantitative estimate of drug-likeness (QED) is 0.377. The molecule has 0 saturated carbocycles. The van der Waals surface area contributed by atoms with Crippen LogP contribution in [-0.2, 0) is 4.79 Å². The maximum atomic E-state index is 14.1. The molecule has 2 aromatic rings. The monoisotopic (exact) mass is 546 g/mol. The number of halogens is 2. The molecule has 5 rings (SSSR count). The van der Waals surface area contributed by atoms with Crippen molar-refractivity contribution in [2.24, 2.45) is 5.92 Å². The van der Waals surface area contributed by atoms with E-state index in [-0.39, 0.29) is 30.0 Å². The van der Waals surface area contributed by atoms with E-state index in [0.717, 1.165) is 54.6 Å². The Balaban J connectivity index is 1.42. The third-order valence-corrected chi connectivity index (χ3v) is 9.53. The first-order valence-electron chi connectivity index (χ1n) is 13.8. The standard InChI is InChI=1S/C33H36F2N2OS/c1-5-24-18-31(25-6-9-28(34)10-7-25)37(19-29(24)26-8-11-30(35)22(3)17-26)20-33(38)36-14-12-27-16-21(2)23(4)39-32(27)13-15-36/h6-11,17-19,24H,5,12-16,20H2,1-4H3. The van der Waals surface area contributed by atoms with Gasteiger partial charge in [-0.05, 0) is 115 Å². The predicted molar refractivity (Wildman–Crippen MR) is 157 cm³/mol. The third kappa shape index (κ3) is 5.91. The number of carbonyl (C=O) groups excluding carboxylic acids is 1.